The van der Waals surface area contributed by atoms with Crippen molar-refractivity contribution in [2.75, 3.05) is 32.7 Å². The largest absolute Gasteiger partial charge is 0.336 e. The summed E-state index contributed by atoms with van der Waals surface area (Å²) >= 11 is 0. The van der Waals surface area contributed by atoms with Crippen LogP contribution in [0.5, 0.6) is 0 Å². The maximum atomic E-state index is 12.4. The number of nitrogens with zero attached hydrogens (tertiary/aromatic N) is 2. The van der Waals surface area contributed by atoms with E-state index in [-0.39, 0.29) is 5.91 Å². The molecule has 0 bridgehead atoms. The van der Waals surface area contributed by atoms with Crippen LogP contribution in [0.3, 0.4) is 0 Å². The Morgan fingerprint density at radius 3 is 2.30 bits per heavy atom. The van der Waals surface area contributed by atoms with Crippen molar-refractivity contribution in [2.45, 2.75) is 26.3 Å². The molecular weight excluding hydrogens is 250 g/mol. The number of benzene rings is 1. The number of aryl methyl sites for hydroxylation is 1. The molecule has 20 heavy (non-hydrogen) atoms. The van der Waals surface area contributed by atoms with Gasteiger partial charge in [-0.2, -0.15) is 0 Å². The van der Waals surface area contributed by atoms with Crippen LogP contribution in [0.2, 0.25) is 0 Å². The molecule has 1 saturated heterocycles. The van der Waals surface area contributed by atoms with E-state index < -0.39 is 0 Å². The van der Waals surface area contributed by atoms with E-state index in [1.54, 1.807) is 0 Å². The van der Waals surface area contributed by atoms with Crippen molar-refractivity contribution >= 4 is 5.91 Å². The molecule has 4 heteroatoms. The second-order valence-corrected chi connectivity index (χ2v) is 5.46. The first-order valence-electron chi connectivity index (χ1n) is 7.48. The minimum Gasteiger partial charge on any atom is -0.336 e. The third-order valence-electron chi connectivity index (χ3n) is 4.18. The summed E-state index contributed by atoms with van der Waals surface area (Å²) in [5.41, 5.74) is 7.75. The lowest BCUT2D eigenvalue weighted by atomic mass is 10.1. The molecule has 1 aliphatic rings. The third-order valence-corrected chi connectivity index (χ3v) is 4.18. The molecule has 0 radical (unpaired) electrons. The van der Waals surface area contributed by atoms with E-state index in [2.05, 4.69) is 18.7 Å². The molecule has 1 unspecified atom stereocenters. The van der Waals surface area contributed by atoms with Crippen molar-refractivity contribution in [3.05, 3.63) is 35.4 Å². The monoisotopic (exact) mass is 275 g/mol. The Morgan fingerprint density at radius 2 is 1.80 bits per heavy atom. The van der Waals surface area contributed by atoms with Crippen molar-refractivity contribution in [3.63, 3.8) is 0 Å². The predicted molar refractivity (Wildman–Crippen MR) is 81.8 cm³/mol. The normalized spacial score (nSPS) is 18.1. The number of rotatable bonds is 4. The van der Waals surface area contributed by atoms with Gasteiger partial charge in [0.25, 0.3) is 5.91 Å². The first-order valence-corrected chi connectivity index (χ1v) is 7.48. The molecule has 1 heterocycles. The summed E-state index contributed by atoms with van der Waals surface area (Å²) in [5, 5.41) is 0. The molecule has 110 valence electrons. The van der Waals surface area contributed by atoms with Gasteiger partial charge in [0.05, 0.1) is 0 Å². The molecule has 4 nitrogen and oxygen atoms in total. The van der Waals surface area contributed by atoms with Crippen LogP contribution in [-0.2, 0) is 6.42 Å². The van der Waals surface area contributed by atoms with Crippen molar-refractivity contribution < 1.29 is 4.79 Å². The van der Waals surface area contributed by atoms with Gasteiger partial charge in [0, 0.05) is 44.3 Å². The minimum absolute atomic E-state index is 0.146. The smallest absolute Gasteiger partial charge is 0.253 e. The van der Waals surface area contributed by atoms with Gasteiger partial charge in [-0.3, -0.25) is 9.69 Å². The number of piperazine rings is 1. The SMILES string of the molecule is CCc1ccc(C(=O)N2CCN(C(C)CN)CC2)cc1. The van der Waals surface area contributed by atoms with Gasteiger partial charge in [-0.05, 0) is 31.0 Å². The van der Waals surface area contributed by atoms with Gasteiger partial charge >= 0.3 is 0 Å². The molecule has 0 saturated carbocycles. The van der Waals surface area contributed by atoms with Crippen LogP contribution in [0.1, 0.15) is 29.8 Å². The highest BCUT2D eigenvalue weighted by atomic mass is 16.2. The van der Waals surface area contributed by atoms with E-state index in [1.165, 1.54) is 5.56 Å². The van der Waals surface area contributed by atoms with Crippen molar-refractivity contribution in [2.24, 2.45) is 5.73 Å². The van der Waals surface area contributed by atoms with Crippen LogP contribution in [0.15, 0.2) is 24.3 Å². The molecule has 1 amide bonds. The van der Waals surface area contributed by atoms with Gasteiger partial charge in [-0.1, -0.05) is 19.1 Å². The van der Waals surface area contributed by atoms with Crippen molar-refractivity contribution in [3.8, 4) is 0 Å². The van der Waals surface area contributed by atoms with Gasteiger partial charge in [-0.15, -0.1) is 0 Å². The molecule has 2 rings (SSSR count). The standard InChI is InChI=1S/C16H25N3O/c1-3-14-4-6-15(7-5-14)16(20)19-10-8-18(9-11-19)13(2)12-17/h4-7,13H,3,8-12,17H2,1-2H3. The Morgan fingerprint density at radius 1 is 1.20 bits per heavy atom. The van der Waals surface area contributed by atoms with E-state index in [4.69, 9.17) is 5.73 Å². The van der Waals surface area contributed by atoms with Gasteiger partial charge in [0.2, 0.25) is 0 Å². The van der Waals surface area contributed by atoms with Crippen LogP contribution in [0, 0.1) is 0 Å². The maximum Gasteiger partial charge on any atom is 0.253 e. The molecule has 1 atom stereocenters. The Labute approximate surface area is 121 Å². The van der Waals surface area contributed by atoms with Crippen molar-refractivity contribution in [1.82, 2.24) is 9.80 Å². The molecule has 0 aliphatic carbocycles. The zero-order chi connectivity index (χ0) is 14.5. The molecule has 2 N–H and O–H groups in total. The van der Waals surface area contributed by atoms with E-state index in [0.29, 0.717) is 12.6 Å². The Bertz CT molecular complexity index is 436. The molecule has 1 fully saturated rings. The molecule has 1 aliphatic heterocycles. The summed E-state index contributed by atoms with van der Waals surface area (Å²) in [6, 6.07) is 8.36. The van der Waals surface area contributed by atoms with E-state index in [0.717, 1.165) is 38.2 Å². The van der Waals surface area contributed by atoms with Gasteiger partial charge in [0.1, 0.15) is 0 Å². The number of carbonyl (C=O) groups is 1. The minimum atomic E-state index is 0.146. The predicted octanol–water partition coefficient (Wildman–Crippen LogP) is 1.35. The summed E-state index contributed by atoms with van der Waals surface area (Å²) in [6.45, 7) is 8.34. The van der Waals surface area contributed by atoms with Gasteiger partial charge in [0.15, 0.2) is 0 Å². The maximum absolute atomic E-state index is 12.4. The summed E-state index contributed by atoms with van der Waals surface area (Å²) in [4.78, 5) is 16.7. The number of amides is 1. The van der Waals surface area contributed by atoms with Crippen LogP contribution in [0.4, 0.5) is 0 Å². The number of nitrogens with two attached hydrogens (primary N) is 1. The lowest BCUT2D eigenvalue weighted by Gasteiger charge is -2.37. The molecule has 1 aromatic rings. The fourth-order valence-corrected chi connectivity index (χ4v) is 2.58. The van der Waals surface area contributed by atoms with Crippen LogP contribution < -0.4 is 5.73 Å². The lowest BCUT2D eigenvalue weighted by molar-refractivity contribution is 0.0589. The third kappa shape index (κ3) is 3.38. The molecule has 1 aromatic carbocycles. The quantitative estimate of drug-likeness (QED) is 0.902. The Kier molecular flexibility index (Phi) is 5.15. The first-order chi connectivity index (χ1) is 9.65. The molecule has 0 spiro atoms. The second-order valence-electron chi connectivity index (χ2n) is 5.46. The van der Waals surface area contributed by atoms with Crippen LogP contribution >= 0.6 is 0 Å². The number of hydrogen-bond donors (Lipinski definition) is 1. The van der Waals surface area contributed by atoms with E-state index in [1.807, 2.05) is 29.2 Å². The number of carbonyl (C=O) groups excluding carboxylic acids is 1. The zero-order valence-electron chi connectivity index (χ0n) is 12.5. The summed E-state index contributed by atoms with van der Waals surface area (Å²) in [6.07, 6.45) is 1.00. The molecular formula is C16H25N3O. The van der Waals surface area contributed by atoms with E-state index >= 15 is 0 Å². The van der Waals surface area contributed by atoms with Gasteiger partial charge < -0.3 is 10.6 Å². The first kappa shape index (κ1) is 15.0. The van der Waals surface area contributed by atoms with Crippen LogP contribution in [-0.4, -0.2) is 54.5 Å². The summed E-state index contributed by atoms with van der Waals surface area (Å²) in [5.74, 6) is 0.146. The van der Waals surface area contributed by atoms with Crippen LogP contribution in [0.25, 0.3) is 0 Å². The molecule has 0 aromatic heterocycles. The Balaban J connectivity index is 1.94. The number of hydrogen-bond acceptors (Lipinski definition) is 3. The second kappa shape index (κ2) is 6.86. The van der Waals surface area contributed by atoms with E-state index in [9.17, 15) is 4.79 Å². The highest BCUT2D eigenvalue weighted by molar-refractivity contribution is 5.94. The van der Waals surface area contributed by atoms with Crippen molar-refractivity contribution in [1.29, 1.82) is 0 Å². The average Bonchev–Trinajstić information content (AvgIpc) is 2.53. The summed E-state index contributed by atoms with van der Waals surface area (Å²) < 4.78 is 0. The topological polar surface area (TPSA) is 49.6 Å². The zero-order valence-corrected chi connectivity index (χ0v) is 12.5. The summed E-state index contributed by atoms with van der Waals surface area (Å²) in [7, 11) is 0. The fourth-order valence-electron chi connectivity index (χ4n) is 2.58. The highest BCUT2D eigenvalue weighted by Crippen LogP contribution is 2.12. The average molecular weight is 275 g/mol. The van der Waals surface area contributed by atoms with Gasteiger partial charge in [-0.25, -0.2) is 0 Å². The lowest BCUT2D eigenvalue weighted by Crippen LogP contribution is -2.52. The highest BCUT2D eigenvalue weighted by Gasteiger charge is 2.24. The fraction of sp³-hybridized carbons (Fsp3) is 0.562. The Hall–Kier alpha value is -1.39.